The fraction of sp³-hybridized carbons (Fsp3) is 0.321. The smallest absolute Gasteiger partial charge is 0.311 e. The van der Waals surface area contributed by atoms with Gasteiger partial charge in [0.2, 0.25) is 0 Å². The standard InChI is InChI=1S/C12H16O3.C12H10S.C4H9FO3S/c1-12(2,3)8-11(14)15-10-6-4-9(13)5-7-10;1-3-7-11(8-4-1)13-12-9-5-2-6-10-12;1-2-3-4-9(6,7)8-5/h4-7,13H,8H2,1-3H3;1-10H;2-4H2,1H3. The quantitative estimate of drug-likeness (QED) is 0.228. The van der Waals surface area contributed by atoms with Crippen molar-refractivity contribution in [1.82, 2.24) is 0 Å². The van der Waals surface area contributed by atoms with E-state index in [0.717, 1.165) is 0 Å². The number of unbranched alkanes of at least 4 members (excludes halogenated alkanes) is 1. The van der Waals surface area contributed by atoms with Gasteiger partial charge in [0.05, 0.1) is 12.2 Å². The summed E-state index contributed by atoms with van der Waals surface area (Å²) >= 11 is 1.79. The molecule has 1 N–H and O–H groups in total. The maximum atomic E-state index is 11.4. The maximum Gasteiger partial charge on any atom is 0.311 e. The van der Waals surface area contributed by atoms with Crippen LogP contribution in [0.2, 0.25) is 0 Å². The first-order chi connectivity index (χ1) is 17.4. The number of rotatable bonds is 8. The Balaban J connectivity index is 0.000000287. The lowest BCUT2D eigenvalue weighted by molar-refractivity contribution is -0.136. The van der Waals surface area contributed by atoms with Crippen molar-refractivity contribution in [2.45, 2.75) is 56.7 Å². The van der Waals surface area contributed by atoms with Crippen LogP contribution in [0.25, 0.3) is 0 Å². The van der Waals surface area contributed by atoms with Crippen molar-refractivity contribution in [3.05, 3.63) is 84.9 Å². The first kappa shape index (κ1) is 32.1. The Morgan fingerprint density at radius 1 is 0.892 bits per heavy atom. The molecule has 0 radical (unpaired) electrons. The van der Waals surface area contributed by atoms with Crippen LogP contribution in [0, 0.1) is 5.41 Å². The molecule has 6 nitrogen and oxygen atoms in total. The molecule has 3 aromatic rings. The van der Waals surface area contributed by atoms with E-state index in [1.807, 2.05) is 39.8 Å². The van der Waals surface area contributed by atoms with E-state index in [-0.39, 0.29) is 22.9 Å². The summed E-state index contributed by atoms with van der Waals surface area (Å²) < 4.78 is 39.1. The van der Waals surface area contributed by atoms with Gasteiger partial charge < -0.3 is 9.84 Å². The number of hydrogen-bond donors (Lipinski definition) is 1. The lowest BCUT2D eigenvalue weighted by atomic mass is 9.92. The van der Waals surface area contributed by atoms with Crippen LogP contribution in [0.15, 0.2) is 94.7 Å². The summed E-state index contributed by atoms with van der Waals surface area (Å²) in [5.41, 5.74) is -0.0754. The maximum absolute atomic E-state index is 11.4. The highest BCUT2D eigenvalue weighted by Gasteiger charge is 2.17. The second-order valence-corrected chi connectivity index (χ2v) is 11.9. The van der Waals surface area contributed by atoms with Gasteiger partial charge in [-0.25, -0.2) is 0 Å². The molecule has 3 aromatic carbocycles. The summed E-state index contributed by atoms with van der Waals surface area (Å²) in [6.07, 6.45) is 1.52. The van der Waals surface area contributed by atoms with Crippen LogP contribution >= 0.6 is 11.8 Å². The number of carbonyl (C=O) groups excluding carboxylic acids is 1. The topological polar surface area (TPSA) is 89.9 Å². The second-order valence-electron chi connectivity index (χ2n) is 9.11. The van der Waals surface area contributed by atoms with E-state index in [9.17, 15) is 17.7 Å². The number of benzene rings is 3. The first-order valence-corrected chi connectivity index (χ1v) is 14.1. The molecule has 0 spiro atoms. The molecule has 0 aromatic heterocycles. The van der Waals surface area contributed by atoms with Crippen LogP contribution in [-0.2, 0) is 19.3 Å². The van der Waals surface area contributed by atoms with E-state index in [1.54, 1.807) is 23.9 Å². The summed E-state index contributed by atoms with van der Waals surface area (Å²) in [6.45, 7) is 7.75. The third-order valence-corrected chi connectivity index (χ3v) is 6.31. The molecule has 0 amide bonds. The predicted octanol–water partition coefficient (Wildman–Crippen LogP) is 7.59. The van der Waals surface area contributed by atoms with E-state index in [0.29, 0.717) is 25.0 Å². The Bertz CT molecular complexity index is 1090. The molecule has 0 bridgehead atoms. The number of phenols is 1. The zero-order valence-electron chi connectivity index (χ0n) is 21.6. The molecule has 0 unspecified atom stereocenters. The number of ether oxygens (including phenoxy) is 1. The molecule has 0 fully saturated rings. The molecule has 0 aliphatic heterocycles. The van der Waals surface area contributed by atoms with Gasteiger partial charge in [-0.15, -0.1) is 0 Å². The van der Waals surface area contributed by atoms with Crippen LogP contribution in [0.1, 0.15) is 47.0 Å². The lowest BCUT2D eigenvalue weighted by Gasteiger charge is -2.16. The van der Waals surface area contributed by atoms with Gasteiger partial charge in [0.15, 0.2) is 0 Å². The Hall–Kier alpha value is -2.88. The fourth-order valence-corrected chi connectivity index (χ4v) is 4.14. The van der Waals surface area contributed by atoms with Gasteiger partial charge >= 0.3 is 5.97 Å². The Kier molecular flexibility index (Phi) is 14.6. The molecule has 0 saturated heterocycles. The number of halogens is 1. The van der Waals surface area contributed by atoms with Gasteiger partial charge in [-0.05, 0) is 64.9 Å². The average molecular weight is 551 g/mol. The minimum Gasteiger partial charge on any atom is -0.508 e. The normalized spacial score (nSPS) is 10.8. The van der Waals surface area contributed by atoms with Crippen LogP contribution in [0.5, 0.6) is 11.5 Å². The number of phenolic OH excluding ortho intramolecular Hbond substituents is 1. The predicted molar refractivity (Wildman–Crippen MR) is 146 cm³/mol. The molecule has 0 saturated carbocycles. The first-order valence-electron chi connectivity index (χ1n) is 11.7. The molecular formula is C28H35FO6S2. The Labute approximate surface area is 223 Å². The van der Waals surface area contributed by atoms with Crippen molar-refractivity contribution in [2.75, 3.05) is 5.75 Å². The van der Waals surface area contributed by atoms with E-state index in [2.05, 4.69) is 52.9 Å². The minimum atomic E-state index is -3.85. The van der Waals surface area contributed by atoms with Crippen molar-refractivity contribution >= 4 is 27.8 Å². The lowest BCUT2D eigenvalue weighted by Crippen LogP contribution is -2.17. The van der Waals surface area contributed by atoms with Crippen LogP contribution in [-0.4, -0.2) is 25.2 Å². The van der Waals surface area contributed by atoms with E-state index in [4.69, 9.17) is 9.84 Å². The van der Waals surface area contributed by atoms with Crippen molar-refractivity contribution in [3.63, 3.8) is 0 Å². The van der Waals surface area contributed by atoms with E-state index < -0.39 is 10.1 Å². The largest absolute Gasteiger partial charge is 0.508 e. The molecule has 3 rings (SSSR count). The highest BCUT2D eigenvalue weighted by molar-refractivity contribution is 7.99. The van der Waals surface area contributed by atoms with Crippen LogP contribution in [0.4, 0.5) is 4.53 Å². The number of aromatic hydroxyl groups is 1. The van der Waals surface area contributed by atoms with Gasteiger partial charge in [-0.1, -0.05) is 86.7 Å². The van der Waals surface area contributed by atoms with E-state index in [1.165, 1.54) is 21.9 Å². The Morgan fingerprint density at radius 2 is 1.38 bits per heavy atom. The molecule has 9 heteroatoms. The Morgan fingerprint density at radius 3 is 1.78 bits per heavy atom. The molecule has 0 aliphatic carbocycles. The summed E-state index contributed by atoms with van der Waals surface area (Å²) in [5.74, 6) is 0.126. The second kappa shape index (κ2) is 16.8. The van der Waals surface area contributed by atoms with Crippen LogP contribution < -0.4 is 4.74 Å². The zero-order valence-corrected chi connectivity index (χ0v) is 23.2. The van der Waals surface area contributed by atoms with Gasteiger partial charge in [0, 0.05) is 9.79 Å². The average Bonchev–Trinajstić information content (AvgIpc) is 2.85. The van der Waals surface area contributed by atoms with Gasteiger partial charge in [-0.3, -0.25) is 4.79 Å². The molecule has 37 heavy (non-hydrogen) atoms. The van der Waals surface area contributed by atoms with Crippen molar-refractivity contribution in [2.24, 2.45) is 5.41 Å². The summed E-state index contributed by atoms with van der Waals surface area (Å²) in [4.78, 5) is 14.0. The molecule has 0 atom stereocenters. The van der Waals surface area contributed by atoms with Gasteiger partial charge in [0.1, 0.15) is 11.5 Å². The summed E-state index contributed by atoms with van der Waals surface area (Å²) in [7, 11) is -3.85. The number of esters is 1. The third kappa shape index (κ3) is 16.5. The summed E-state index contributed by atoms with van der Waals surface area (Å²) in [5, 5.41) is 9.04. The molecule has 0 aliphatic rings. The molecule has 202 valence electrons. The van der Waals surface area contributed by atoms with Crippen molar-refractivity contribution in [1.29, 1.82) is 0 Å². The monoisotopic (exact) mass is 550 g/mol. The van der Waals surface area contributed by atoms with E-state index >= 15 is 0 Å². The highest BCUT2D eigenvalue weighted by Crippen LogP contribution is 2.26. The van der Waals surface area contributed by atoms with Crippen molar-refractivity contribution in [3.8, 4) is 11.5 Å². The van der Waals surface area contributed by atoms with Gasteiger partial charge in [0.25, 0.3) is 10.1 Å². The van der Waals surface area contributed by atoms with Crippen molar-refractivity contribution < 1.29 is 32.0 Å². The molecular weight excluding hydrogens is 515 g/mol. The fourth-order valence-electron chi connectivity index (χ4n) is 2.58. The number of hydrogen-bond acceptors (Lipinski definition) is 7. The third-order valence-electron chi connectivity index (χ3n) is 4.31. The zero-order chi connectivity index (χ0) is 27.7. The molecule has 0 heterocycles. The van der Waals surface area contributed by atoms with Crippen LogP contribution in [0.3, 0.4) is 0 Å². The van der Waals surface area contributed by atoms with Gasteiger partial charge in [-0.2, -0.15) is 8.42 Å². The highest BCUT2D eigenvalue weighted by atomic mass is 32.2. The number of carbonyl (C=O) groups is 1. The summed E-state index contributed by atoms with van der Waals surface area (Å²) in [6, 6.07) is 26.9. The SMILES string of the molecule is CC(C)(C)CC(=O)Oc1ccc(O)cc1.CCCCS(=O)(=O)OF.c1ccc(Sc2ccccc2)cc1. The minimum absolute atomic E-state index is 0.0754.